The molecule has 0 spiro atoms. The Kier molecular flexibility index (Phi) is 2.20. The summed E-state index contributed by atoms with van der Waals surface area (Å²) >= 11 is 0. The summed E-state index contributed by atoms with van der Waals surface area (Å²) < 4.78 is 14.7. The summed E-state index contributed by atoms with van der Waals surface area (Å²) in [5.41, 5.74) is 1.03. The molecule has 5 nitrogen and oxygen atoms in total. The average molecular weight is 297 g/mol. The molecule has 22 heavy (non-hydrogen) atoms. The molecule has 0 unspecified atom stereocenters. The molecule has 3 fully saturated rings. The lowest BCUT2D eigenvalue weighted by Gasteiger charge is -2.24. The van der Waals surface area contributed by atoms with E-state index in [1.54, 1.807) is 6.33 Å². The molecular formula is C17H19N3O2. The van der Waals surface area contributed by atoms with E-state index in [0.717, 1.165) is 17.5 Å². The molecule has 0 radical (unpaired) electrons. The van der Waals surface area contributed by atoms with E-state index in [1.165, 1.54) is 0 Å². The van der Waals surface area contributed by atoms with Crippen molar-refractivity contribution in [1.82, 2.24) is 14.5 Å². The van der Waals surface area contributed by atoms with Gasteiger partial charge in [0, 0.05) is 23.2 Å². The van der Waals surface area contributed by atoms with Gasteiger partial charge < -0.3 is 14.0 Å². The quantitative estimate of drug-likeness (QED) is 0.800. The number of rotatable bonds is 2. The first-order valence-corrected chi connectivity index (χ1v) is 7.81. The Morgan fingerprint density at radius 1 is 1.41 bits per heavy atom. The van der Waals surface area contributed by atoms with E-state index in [0.29, 0.717) is 5.92 Å². The molecule has 2 saturated carbocycles. The van der Waals surface area contributed by atoms with Crippen molar-refractivity contribution in [3.05, 3.63) is 37.4 Å². The molecule has 0 N–H and O–H groups in total. The second-order valence-electron chi connectivity index (χ2n) is 7.16. The molecular weight excluding hydrogens is 278 g/mol. The van der Waals surface area contributed by atoms with Gasteiger partial charge in [0.15, 0.2) is 5.79 Å². The maximum Gasteiger partial charge on any atom is 0.163 e. The molecule has 5 atom stereocenters. The van der Waals surface area contributed by atoms with Gasteiger partial charge in [0.25, 0.3) is 0 Å². The predicted molar refractivity (Wildman–Crippen MR) is 81.1 cm³/mol. The lowest BCUT2D eigenvalue weighted by Crippen LogP contribution is -2.31. The van der Waals surface area contributed by atoms with Crippen molar-refractivity contribution in [2.75, 3.05) is 0 Å². The minimum absolute atomic E-state index is 0.0531. The Bertz CT molecular complexity index is 783. The van der Waals surface area contributed by atoms with Crippen LogP contribution in [0.4, 0.5) is 0 Å². The molecule has 0 aromatic carbocycles. The molecule has 1 saturated heterocycles. The first-order valence-electron chi connectivity index (χ1n) is 7.81. The minimum Gasteiger partial charge on any atom is -0.344 e. The van der Waals surface area contributed by atoms with E-state index in [-0.39, 0.29) is 23.7 Å². The summed E-state index contributed by atoms with van der Waals surface area (Å²) in [6, 6.07) is 2.32. The van der Waals surface area contributed by atoms with Crippen LogP contribution < -0.4 is 0 Å². The first-order chi connectivity index (χ1) is 10.6. The Labute approximate surface area is 129 Å². The highest BCUT2D eigenvalue weighted by molar-refractivity contribution is 5.75. The fraction of sp³-hybridized carbons (Fsp3) is 0.529. The molecule has 3 aliphatic rings. The van der Waals surface area contributed by atoms with Crippen molar-refractivity contribution < 1.29 is 9.47 Å². The van der Waals surface area contributed by atoms with Gasteiger partial charge in [-0.2, -0.15) is 0 Å². The lowest BCUT2D eigenvalue weighted by atomic mass is 10.00. The summed E-state index contributed by atoms with van der Waals surface area (Å²) in [5.74, 6) is -0.0172. The SMILES string of the molecule is C=C[C@@]12C[C@@H]1[C@@H](n1ccc3cncnc31)[C@@H]1OC(C)(C)O[C@@H]12. The number of hydrogen-bond acceptors (Lipinski definition) is 4. The van der Waals surface area contributed by atoms with Crippen LogP contribution in [0, 0.1) is 11.3 Å². The molecule has 5 heteroatoms. The van der Waals surface area contributed by atoms with Crippen LogP contribution in [0.2, 0.25) is 0 Å². The van der Waals surface area contributed by atoms with E-state index in [1.807, 2.05) is 20.0 Å². The van der Waals surface area contributed by atoms with Gasteiger partial charge >= 0.3 is 0 Å². The van der Waals surface area contributed by atoms with Gasteiger partial charge in [-0.25, -0.2) is 9.97 Å². The fourth-order valence-electron chi connectivity index (χ4n) is 4.61. The highest BCUT2D eigenvalue weighted by atomic mass is 16.8. The van der Waals surface area contributed by atoms with Crippen molar-refractivity contribution in [1.29, 1.82) is 0 Å². The van der Waals surface area contributed by atoms with Crippen LogP contribution in [0.25, 0.3) is 11.0 Å². The number of fused-ring (bicyclic) bond motifs is 4. The molecule has 2 aromatic heterocycles. The van der Waals surface area contributed by atoms with Crippen LogP contribution in [0.3, 0.4) is 0 Å². The highest BCUT2D eigenvalue weighted by Gasteiger charge is 2.74. The fourth-order valence-corrected chi connectivity index (χ4v) is 4.61. The van der Waals surface area contributed by atoms with Gasteiger partial charge in [-0.15, -0.1) is 6.58 Å². The first kappa shape index (κ1) is 12.8. The summed E-state index contributed by atoms with van der Waals surface area (Å²) in [6.07, 6.45) is 8.91. The van der Waals surface area contributed by atoms with E-state index in [2.05, 4.69) is 39.5 Å². The second-order valence-corrected chi connectivity index (χ2v) is 7.16. The molecule has 3 heterocycles. The Hall–Kier alpha value is -1.72. The van der Waals surface area contributed by atoms with Gasteiger partial charge in [-0.1, -0.05) is 6.08 Å². The smallest absolute Gasteiger partial charge is 0.163 e. The third kappa shape index (κ3) is 1.41. The highest BCUT2D eigenvalue weighted by Crippen LogP contribution is 2.72. The third-order valence-electron chi connectivity index (χ3n) is 5.59. The zero-order valence-corrected chi connectivity index (χ0v) is 12.8. The van der Waals surface area contributed by atoms with Gasteiger partial charge in [0.2, 0.25) is 0 Å². The number of ether oxygens (including phenoxy) is 2. The zero-order chi connectivity index (χ0) is 15.1. The normalized spacial score (nSPS) is 41.4. The van der Waals surface area contributed by atoms with Crippen molar-refractivity contribution in [2.45, 2.75) is 44.3 Å². The summed E-state index contributed by atoms with van der Waals surface area (Å²) in [5, 5.41) is 1.06. The van der Waals surface area contributed by atoms with Crippen molar-refractivity contribution >= 4 is 11.0 Å². The Morgan fingerprint density at radius 3 is 3.09 bits per heavy atom. The maximum absolute atomic E-state index is 6.25. The number of aromatic nitrogens is 3. The van der Waals surface area contributed by atoms with Crippen LogP contribution in [0.1, 0.15) is 26.3 Å². The van der Waals surface area contributed by atoms with Gasteiger partial charge in [0.1, 0.15) is 18.1 Å². The minimum atomic E-state index is -0.533. The van der Waals surface area contributed by atoms with E-state index < -0.39 is 5.79 Å². The van der Waals surface area contributed by atoms with E-state index in [4.69, 9.17) is 9.47 Å². The van der Waals surface area contributed by atoms with Crippen molar-refractivity contribution in [3.63, 3.8) is 0 Å². The van der Waals surface area contributed by atoms with Crippen LogP contribution in [-0.2, 0) is 9.47 Å². The standard InChI is InChI=1S/C17H19N3O2/c1-4-17-7-11(17)12(13-14(17)22-16(2,3)21-13)20-6-5-10-8-18-9-19-15(10)20/h4-6,8-9,11-14H,1,7H2,2-3H3/t11-,12-,13+,14+,17-/m1/s1. The monoisotopic (exact) mass is 297 g/mol. The topological polar surface area (TPSA) is 49.2 Å². The third-order valence-corrected chi connectivity index (χ3v) is 5.59. The second kappa shape index (κ2) is 3.78. The molecule has 0 amide bonds. The van der Waals surface area contributed by atoms with E-state index in [9.17, 15) is 0 Å². The largest absolute Gasteiger partial charge is 0.344 e. The molecule has 114 valence electrons. The molecule has 1 aliphatic heterocycles. The van der Waals surface area contributed by atoms with Gasteiger partial charge in [-0.05, 0) is 32.3 Å². The molecule has 5 rings (SSSR count). The van der Waals surface area contributed by atoms with Crippen molar-refractivity contribution in [2.24, 2.45) is 11.3 Å². The van der Waals surface area contributed by atoms with Crippen LogP contribution in [0.15, 0.2) is 37.4 Å². The number of nitrogens with zero attached hydrogens (tertiary/aromatic N) is 3. The molecule has 0 bridgehead atoms. The number of hydrogen-bond donors (Lipinski definition) is 0. The van der Waals surface area contributed by atoms with Crippen LogP contribution in [-0.4, -0.2) is 32.5 Å². The Balaban J connectivity index is 1.64. The lowest BCUT2D eigenvalue weighted by molar-refractivity contribution is -0.159. The van der Waals surface area contributed by atoms with E-state index >= 15 is 0 Å². The van der Waals surface area contributed by atoms with Gasteiger partial charge in [0.05, 0.1) is 12.1 Å². The van der Waals surface area contributed by atoms with Crippen LogP contribution >= 0.6 is 0 Å². The molecule has 2 aliphatic carbocycles. The average Bonchev–Trinajstić information content (AvgIpc) is 2.78. The molecule has 2 aromatic rings. The Morgan fingerprint density at radius 2 is 2.27 bits per heavy atom. The predicted octanol–water partition coefficient (Wildman–Crippen LogP) is 2.70. The van der Waals surface area contributed by atoms with Crippen LogP contribution in [0.5, 0.6) is 0 Å². The van der Waals surface area contributed by atoms with Crippen molar-refractivity contribution in [3.8, 4) is 0 Å². The summed E-state index contributed by atoms with van der Waals surface area (Å²) in [7, 11) is 0. The summed E-state index contributed by atoms with van der Waals surface area (Å²) in [4.78, 5) is 8.57. The maximum atomic E-state index is 6.25. The zero-order valence-electron chi connectivity index (χ0n) is 12.8. The van der Waals surface area contributed by atoms with Gasteiger partial charge in [-0.3, -0.25) is 0 Å². The summed E-state index contributed by atoms with van der Waals surface area (Å²) in [6.45, 7) is 8.06.